The van der Waals surface area contributed by atoms with Crippen molar-refractivity contribution in [3.63, 3.8) is 0 Å². The van der Waals surface area contributed by atoms with Crippen LogP contribution in [0.4, 0.5) is 14.5 Å². The second-order valence-corrected chi connectivity index (χ2v) is 5.20. The van der Waals surface area contributed by atoms with Crippen LogP contribution in [0.5, 0.6) is 0 Å². The monoisotopic (exact) mass is 309 g/mol. The lowest BCUT2D eigenvalue weighted by molar-refractivity contribution is 0.0595. The first-order valence-electron chi connectivity index (χ1n) is 6.08. The van der Waals surface area contributed by atoms with Gasteiger partial charge >= 0.3 is 5.97 Å². The summed E-state index contributed by atoms with van der Waals surface area (Å²) in [5, 5.41) is 0. The average Bonchev–Trinajstić information content (AvgIpc) is 2.48. The third kappa shape index (κ3) is 3.72. The Bertz CT molecular complexity index is 659. The molecule has 0 aromatic heterocycles. The molecular weight excluding hydrogens is 296 g/mol. The summed E-state index contributed by atoms with van der Waals surface area (Å²) in [6.45, 7) is 1.96. The maximum absolute atomic E-state index is 13.8. The molecular formula is C15H13F2NO2S. The summed E-state index contributed by atoms with van der Waals surface area (Å²) in [4.78, 5) is 12.1. The zero-order chi connectivity index (χ0) is 15.4. The van der Waals surface area contributed by atoms with Crippen LogP contribution in [0.25, 0.3) is 0 Å². The molecule has 0 aliphatic heterocycles. The van der Waals surface area contributed by atoms with E-state index in [-0.39, 0.29) is 5.69 Å². The number of anilines is 1. The van der Waals surface area contributed by atoms with Crippen molar-refractivity contribution in [2.75, 3.05) is 11.8 Å². The normalized spacial score (nSPS) is 10.3. The topological polar surface area (TPSA) is 38.3 Å². The fraction of sp³-hybridized carbons (Fsp3) is 0.133. The molecule has 0 spiro atoms. The Kier molecular flexibility index (Phi) is 4.80. The molecule has 1 N–H and O–H groups in total. The van der Waals surface area contributed by atoms with E-state index < -0.39 is 23.2 Å². The number of ether oxygens (including phenoxy) is 1. The number of methoxy groups -OCH3 is 1. The molecule has 0 atom stereocenters. The minimum atomic E-state index is -0.913. The Labute approximate surface area is 125 Å². The van der Waals surface area contributed by atoms with Crippen molar-refractivity contribution in [2.24, 2.45) is 0 Å². The number of halogens is 2. The van der Waals surface area contributed by atoms with Gasteiger partial charge in [0.15, 0.2) is 0 Å². The van der Waals surface area contributed by atoms with Crippen LogP contribution in [-0.4, -0.2) is 13.1 Å². The first-order valence-corrected chi connectivity index (χ1v) is 6.90. The van der Waals surface area contributed by atoms with Gasteiger partial charge in [0.05, 0.1) is 18.4 Å². The fourth-order valence-electron chi connectivity index (χ4n) is 1.61. The van der Waals surface area contributed by atoms with Crippen LogP contribution in [0.3, 0.4) is 0 Å². The standard InChI is InChI=1S/C15H13F2NO2S/c1-9-3-5-10(6-4-9)21-18-14-8-12(16)11(7-13(14)17)15(19)20-2/h3-8,18H,1-2H3. The van der Waals surface area contributed by atoms with Gasteiger partial charge < -0.3 is 9.46 Å². The summed E-state index contributed by atoms with van der Waals surface area (Å²) in [7, 11) is 1.11. The van der Waals surface area contributed by atoms with Crippen LogP contribution in [-0.2, 0) is 4.74 Å². The summed E-state index contributed by atoms with van der Waals surface area (Å²) < 4.78 is 34.7. The molecule has 110 valence electrons. The van der Waals surface area contributed by atoms with Gasteiger partial charge in [0, 0.05) is 11.0 Å². The first kappa shape index (κ1) is 15.3. The second-order valence-electron chi connectivity index (χ2n) is 4.32. The molecule has 2 aromatic rings. The van der Waals surface area contributed by atoms with Crippen LogP contribution < -0.4 is 4.72 Å². The minimum absolute atomic E-state index is 0.0364. The Morgan fingerprint density at radius 2 is 1.81 bits per heavy atom. The zero-order valence-corrected chi connectivity index (χ0v) is 12.3. The molecule has 0 unspecified atom stereocenters. The number of nitrogens with one attached hydrogen (secondary N) is 1. The second kappa shape index (κ2) is 6.58. The molecule has 0 fully saturated rings. The average molecular weight is 309 g/mol. The lowest BCUT2D eigenvalue weighted by Crippen LogP contribution is -2.06. The van der Waals surface area contributed by atoms with Crippen molar-refractivity contribution in [1.82, 2.24) is 0 Å². The van der Waals surface area contributed by atoms with Gasteiger partial charge in [0.25, 0.3) is 0 Å². The number of hydrogen-bond acceptors (Lipinski definition) is 4. The van der Waals surface area contributed by atoms with Crippen LogP contribution in [0.2, 0.25) is 0 Å². The largest absolute Gasteiger partial charge is 0.465 e. The maximum Gasteiger partial charge on any atom is 0.340 e. The van der Waals surface area contributed by atoms with Gasteiger partial charge in [0.1, 0.15) is 11.6 Å². The molecule has 0 radical (unpaired) electrons. The highest BCUT2D eigenvalue weighted by molar-refractivity contribution is 8.00. The lowest BCUT2D eigenvalue weighted by atomic mass is 10.2. The smallest absolute Gasteiger partial charge is 0.340 e. The van der Waals surface area contributed by atoms with Crippen molar-refractivity contribution in [1.29, 1.82) is 0 Å². The molecule has 0 amide bonds. The highest BCUT2D eigenvalue weighted by Crippen LogP contribution is 2.26. The third-order valence-corrected chi connectivity index (χ3v) is 3.59. The van der Waals surface area contributed by atoms with Crippen LogP contribution in [0.15, 0.2) is 41.3 Å². The maximum atomic E-state index is 13.8. The van der Waals surface area contributed by atoms with Gasteiger partial charge in [-0.05, 0) is 37.1 Å². The van der Waals surface area contributed by atoms with Gasteiger partial charge in [-0.3, -0.25) is 0 Å². The van der Waals surface area contributed by atoms with E-state index in [2.05, 4.69) is 9.46 Å². The van der Waals surface area contributed by atoms with E-state index in [1.54, 1.807) is 0 Å². The molecule has 2 aromatic carbocycles. The molecule has 0 saturated carbocycles. The van der Waals surface area contributed by atoms with E-state index in [4.69, 9.17) is 0 Å². The molecule has 2 rings (SSSR count). The number of rotatable bonds is 4. The zero-order valence-electron chi connectivity index (χ0n) is 11.4. The highest BCUT2D eigenvalue weighted by atomic mass is 32.2. The number of carbonyl (C=O) groups is 1. The quantitative estimate of drug-likeness (QED) is 0.679. The molecule has 0 heterocycles. The number of hydrogen-bond donors (Lipinski definition) is 1. The molecule has 0 aliphatic carbocycles. The summed E-state index contributed by atoms with van der Waals surface area (Å²) >= 11 is 1.15. The van der Waals surface area contributed by atoms with E-state index >= 15 is 0 Å². The summed E-state index contributed by atoms with van der Waals surface area (Å²) in [5.41, 5.74) is 0.644. The van der Waals surface area contributed by atoms with E-state index in [0.717, 1.165) is 41.6 Å². The van der Waals surface area contributed by atoms with Gasteiger partial charge in [-0.2, -0.15) is 0 Å². The van der Waals surface area contributed by atoms with Crippen molar-refractivity contribution in [3.8, 4) is 0 Å². The molecule has 21 heavy (non-hydrogen) atoms. The number of aryl methyl sites for hydroxylation is 1. The third-order valence-electron chi connectivity index (χ3n) is 2.76. The van der Waals surface area contributed by atoms with E-state index in [0.29, 0.717) is 0 Å². The van der Waals surface area contributed by atoms with Crippen LogP contribution in [0.1, 0.15) is 15.9 Å². The summed E-state index contributed by atoms with van der Waals surface area (Å²) in [6.07, 6.45) is 0. The Morgan fingerprint density at radius 1 is 1.14 bits per heavy atom. The predicted octanol–water partition coefficient (Wildman–Crippen LogP) is 4.18. The Morgan fingerprint density at radius 3 is 2.43 bits per heavy atom. The summed E-state index contributed by atoms with van der Waals surface area (Å²) in [5.74, 6) is -2.48. The highest BCUT2D eigenvalue weighted by Gasteiger charge is 2.16. The van der Waals surface area contributed by atoms with Gasteiger partial charge in [-0.1, -0.05) is 17.7 Å². The van der Waals surface area contributed by atoms with Crippen LogP contribution in [0, 0.1) is 18.6 Å². The fourth-order valence-corrected chi connectivity index (χ4v) is 2.27. The molecule has 0 aliphatic rings. The van der Waals surface area contributed by atoms with Crippen LogP contribution >= 0.6 is 11.9 Å². The molecule has 3 nitrogen and oxygen atoms in total. The summed E-state index contributed by atoms with van der Waals surface area (Å²) in [6, 6.07) is 9.32. The van der Waals surface area contributed by atoms with Crippen molar-refractivity contribution >= 4 is 23.6 Å². The van der Waals surface area contributed by atoms with E-state index in [9.17, 15) is 13.6 Å². The minimum Gasteiger partial charge on any atom is -0.465 e. The number of esters is 1. The van der Waals surface area contributed by atoms with Crippen molar-refractivity contribution < 1.29 is 18.3 Å². The predicted molar refractivity (Wildman–Crippen MR) is 78.4 cm³/mol. The van der Waals surface area contributed by atoms with Gasteiger partial charge in [-0.15, -0.1) is 0 Å². The van der Waals surface area contributed by atoms with Gasteiger partial charge in [0.2, 0.25) is 0 Å². The van der Waals surface area contributed by atoms with E-state index in [1.165, 1.54) is 0 Å². The van der Waals surface area contributed by atoms with E-state index in [1.807, 2.05) is 31.2 Å². The lowest BCUT2D eigenvalue weighted by Gasteiger charge is -2.09. The SMILES string of the molecule is COC(=O)c1cc(F)c(NSc2ccc(C)cc2)cc1F. The van der Waals surface area contributed by atoms with Crippen molar-refractivity contribution in [2.45, 2.75) is 11.8 Å². The Hall–Kier alpha value is -2.08. The van der Waals surface area contributed by atoms with Gasteiger partial charge in [-0.25, -0.2) is 13.6 Å². The number of carbonyl (C=O) groups excluding carboxylic acids is 1. The first-order chi connectivity index (χ1) is 10.0. The molecule has 0 saturated heterocycles. The van der Waals surface area contributed by atoms with Crippen molar-refractivity contribution in [3.05, 3.63) is 59.2 Å². The number of benzene rings is 2. The molecule has 6 heteroatoms. The molecule has 0 bridgehead atoms. The Balaban J connectivity index is 2.15.